The minimum atomic E-state index is -3.40. The molecule has 202 valence electrons. The molecule has 0 saturated heterocycles. The van der Waals surface area contributed by atoms with Gasteiger partial charge in [0.25, 0.3) is 0 Å². The van der Waals surface area contributed by atoms with Gasteiger partial charge in [0.2, 0.25) is 0 Å². The van der Waals surface area contributed by atoms with Crippen LogP contribution in [0.1, 0.15) is 33.4 Å². The van der Waals surface area contributed by atoms with Gasteiger partial charge in [-0.1, -0.05) is 0 Å². The van der Waals surface area contributed by atoms with E-state index in [4.69, 9.17) is 39.6 Å². The molecule has 0 amide bonds. The average Bonchev–Trinajstić information content (AvgIpc) is 3.78. The summed E-state index contributed by atoms with van der Waals surface area (Å²) in [6.07, 6.45) is 1.86. The SMILES string of the molecule is CN=C1c2ccccc2C2=NC3=N/C(=N\c4c5ccccc5c(/N=C5\N=Cc6ccccc65)[n]4[Ga]([Cl])[N]12)c1ccccc13. The Hall–Kier alpha value is -4.83. The Bertz CT molecular complexity index is 2240. The molecule has 0 aliphatic carbocycles. The first-order valence-electron chi connectivity index (χ1n) is 13.9. The Morgan fingerprint density at radius 3 is 2.07 bits per heavy atom. The zero-order valence-corrected chi connectivity index (χ0v) is 26.0. The van der Waals surface area contributed by atoms with E-state index in [9.17, 15) is 0 Å². The van der Waals surface area contributed by atoms with Gasteiger partial charge in [-0.3, -0.25) is 0 Å². The Kier molecular flexibility index (Phi) is 5.37. The standard InChI is InChI=1S/C33H20N8.ClH.Ga/c1-34-27-21-12-4-5-13-22(21)29(36-27)38-31-25-16-8-9-17-26(25)33(40-31)41-32-24-15-7-6-14-23(24)30(39-32)37-28-20-11-3-2-10-19(20)18-35-28;;/h2-18H,1H3;1H;/q-2;;+3/p-1/b37-28-;;. The van der Waals surface area contributed by atoms with E-state index >= 15 is 0 Å². The summed E-state index contributed by atoms with van der Waals surface area (Å²) in [5.41, 5.74) is 5.87. The molecule has 8 nitrogen and oxygen atoms in total. The molecule has 2 bridgehead atoms. The van der Waals surface area contributed by atoms with Crippen LogP contribution in [-0.2, 0) is 0 Å². The molecule has 5 aromatic rings. The van der Waals surface area contributed by atoms with Gasteiger partial charge in [-0.15, -0.1) is 0 Å². The van der Waals surface area contributed by atoms with E-state index in [0.717, 1.165) is 67.5 Å². The number of rotatable bonds is 1. The summed E-state index contributed by atoms with van der Waals surface area (Å²) in [6, 6.07) is 32.6. The fourth-order valence-electron chi connectivity index (χ4n) is 6.22. The van der Waals surface area contributed by atoms with Crippen LogP contribution in [0.3, 0.4) is 0 Å². The van der Waals surface area contributed by atoms with Crippen molar-refractivity contribution in [3.8, 4) is 0 Å². The quantitative estimate of drug-likeness (QED) is 0.202. The van der Waals surface area contributed by atoms with Crippen LogP contribution in [0.4, 0.5) is 11.6 Å². The van der Waals surface area contributed by atoms with Crippen molar-refractivity contribution in [1.29, 1.82) is 0 Å². The topological polar surface area (TPSA) is 82.3 Å². The first kappa shape index (κ1) is 24.7. The molecule has 0 atom stereocenters. The van der Waals surface area contributed by atoms with Crippen molar-refractivity contribution in [3.63, 3.8) is 0 Å². The number of aromatic nitrogens is 1. The number of aliphatic imine (C=N–C) groups is 6. The molecule has 0 spiro atoms. The van der Waals surface area contributed by atoms with Gasteiger partial charge >= 0.3 is 257 Å². The number of benzene rings is 4. The molecule has 0 fully saturated rings. The van der Waals surface area contributed by atoms with Crippen LogP contribution in [0.15, 0.2) is 127 Å². The summed E-state index contributed by atoms with van der Waals surface area (Å²) in [6.45, 7) is 0. The van der Waals surface area contributed by atoms with Crippen molar-refractivity contribution in [2.75, 3.05) is 7.05 Å². The molecular formula is C33H20ClGaN8. The van der Waals surface area contributed by atoms with E-state index in [1.54, 1.807) is 7.05 Å². The summed E-state index contributed by atoms with van der Waals surface area (Å²) < 4.78 is 4.28. The Balaban J connectivity index is 1.40. The number of hydrogen-bond acceptors (Lipinski definition) is 5. The first-order valence-corrected chi connectivity index (χ1v) is 19.3. The number of amidine groups is 5. The van der Waals surface area contributed by atoms with E-state index < -0.39 is 15.7 Å². The number of halogens is 1. The van der Waals surface area contributed by atoms with E-state index in [-0.39, 0.29) is 0 Å². The van der Waals surface area contributed by atoms with Gasteiger partial charge < -0.3 is 0 Å². The summed E-state index contributed by atoms with van der Waals surface area (Å²) >= 11 is -3.40. The Morgan fingerprint density at radius 2 is 1.30 bits per heavy atom. The maximum absolute atomic E-state index is 7.80. The molecule has 9 rings (SSSR count). The van der Waals surface area contributed by atoms with Crippen molar-refractivity contribution < 1.29 is 0 Å². The second kappa shape index (κ2) is 9.33. The molecule has 0 N–H and O–H groups in total. The van der Waals surface area contributed by atoms with E-state index in [1.165, 1.54) is 0 Å². The first-order chi connectivity index (χ1) is 21.2. The summed E-state index contributed by atoms with van der Waals surface area (Å²) in [5.74, 6) is 4.87. The monoisotopic (exact) mass is 632 g/mol. The summed E-state index contributed by atoms with van der Waals surface area (Å²) in [7, 11) is 9.60. The Labute approximate surface area is 256 Å². The number of fused-ring (bicyclic) bond motifs is 11. The average molecular weight is 634 g/mol. The van der Waals surface area contributed by atoms with Gasteiger partial charge in [-0.05, 0) is 0 Å². The zero-order valence-electron chi connectivity index (χ0n) is 22.8. The third-order valence-electron chi connectivity index (χ3n) is 8.15. The van der Waals surface area contributed by atoms with E-state index in [1.807, 2.05) is 79.0 Å². The second-order valence-electron chi connectivity index (χ2n) is 10.5. The summed E-state index contributed by atoms with van der Waals surface area (Å²) in [5, 5.41) is 1.90. The molecule has 4 aromatic carbocycles. The maximum atomic E-state index is 7.80. The molecule has 0 unspecified atom stereocenters. The van der Waals surface area contributed by atoms with Crippen molar-refractivity contribution in [2.24, 2.45) is 30.0 Å². The Morgan fingerprint density at radius 1 is 0.674 bits per heavy atom. The summed E-state index contributed by atoms with van der Waals surface area (Å²) in [4.78, 5) is 30.1. The van der Waals surface area contributed by atoms with Crippen molar-refractivity contribution in [1.82, 2.24) is 6.88 Å². The van der Waals surface area contributed by atoms with Gasteiger partial charge in [0, 0.05) is 0 Å². The van der Waals surface area contributed by atoms with Crippen LogP contribution in [0.5, 0.6) is 0 Å². The molecular weight excluding hydrogens is 614 g/mol. The van der Waals surface area contributed by atoms with Gasteiger partial charge in [0.15, 0.2) is 0 Å². The number of nitrogens with zero attached hydrogens (tertiary/aromatic N) is 8. The molecule has 0 radical (unpaired) electrons. The second-order valence-corrected chi connectivity index (χ2v) is 16.0. The molecule has 5 heterocycles. The van der Waals surface area contributed by atoms with Crippen LogP contribution < -0.4 is 0 Å². The van der Waals surface area contributed by atoms with Crippen LogP contribution >= 0.6 is 9.64 Å². The van der Waals surface area contributed by atoms with Gasteiger partial charge in [-0.2, -0.15) is 0 Å². The molecule has 4 aliphatic heterocycles. The van der Waals surface area contributed by atoms with Crippen LogP contribution in [0.2, 0.25) is 0 Å². The predicted molar refractivity (Wildman–Crippen MR) is 176 cm³/mol. The van der Waals surface area contributed by atoms with Crippen LogP contribution in [0.25, 0.3) is 10.8 Å². The zero-order chi connectivity index (χ0) is 28.7. The molecule has 4 aliphatic rings. The third kappa shape index (κ3) is 3.53. The van der Waals surface area contributed by atoms with Gasteiger partial charge in [-0.25, -0.2) is 0 Å². The van der Waals surface area contributed by atoms with Gasteiger partial charge in [0.05, 0.1) is 0 Å². The van der Waals surface area contributed by atoms with Gasteiger partial charge in [0.1, 0.15) is 0 Å². The molecule has 10 heteroatoms. The fraction of sp³-hybridized carbons (Fsp3) is 0.0303. The van der Waals surface area contributed by atoms with E-state index in [2.05, 4.69) is 31.1 Å². The third-order valence-corrected chi connectivity index (χ3v) is 14.0. The predicted octanol–water partition coefficient (Wildman–Crippen LogP) is 6.21. The molecule has 43 heavy (non-hydrogen) atoms. The van der Waals surface area contributed by atoms with Crippen LogP contribution in [-0.4, -0.2) is 65.0 Å². The fourth-order valence-corrected chi connectivity index (χ4v) is 12.1. The van der Waals surface area contributed by atoms with Crippen molar-refractivity contribution >= 4 is 83.1 Å². The van der Waals surface area contributed by atoms with Crippen LogP contribution in [0, 0.1) is 0 Å². The molecule has 0 saturated carbocycles. The normalized spacial score (nSPS) is 19.1. The number of hydrogen-bond donors (Lipinski definition) is 0. The van der Waals surface area contributed by atoms with E-state index in [0.29, 0.717) is 17.5 Å². The minimum absolute atomic E-state index is 0.610. The van der Waals surface area contributed by atoms with Crippen molar-refractivity contribution in [2.45, 2.75) is 0 Å². The van der Waals surface area contributed by atoms with Crippen molar-refractivity contribution in [3.05, 3.63) is 130 Å². The molecule has 1 aromatic heterocycles.